The number of nitrogens with zero attached hydrogens (tertiary/aromatic N) is 2. The van der Waals surface area contributed by atoms with E-state index in [4.69, 9.17) is 4.74 Å². The Balaban J connectivity index is 1.51. The molecule has 7 nitrogen and oxygen atoms in total. The molecule has 0 aromatic heterocycles. The predicted molar refractivity (Wildman–Crippen MR) is 124 cm³/mol. The fourth-order valence-electron chi connectivity index (χ4n) is 4.73. The molecule has 2 saturated heterocycles. The second-order valence-electron chi connectivity index (χ2n) is 8.66. The van der Waals surface area contributed by atoms with E-state index in [0.29, 0.717) is 24.4 Å². The molecule has 0 N–H and O–H groups in total. The van der Waals surface area contributed by atoms with Gasteiger partial charge in [0.15, 0.2) is 19.7 Å². The van der Waals surface area contributed by atoms with E-state index in [1.165, 1.54) is 18.7 Å². The highest BCUT2D eigenvalue weighted by Gasteiger charge is 2.48. The summed E-state index contributed by atoms with van der Waals surface area (Å²) in [4.78, 5) is 4.54. The number of methoxy groups -OCH3 is 1. The van der Waals surface area contributed by atoms with Gasteiger partial charge in [0.1, 0.15) is 5.75 Å². The molecule has 2 aliphatic heterocycles. The van der Waals surface area contributed by atoms with Crippen molar-refractivity contribution >= 4 is 19.7 Å². The molecular weight excluding hydrogens is 448 g/mol. The van der Waals surface area contributed by atoms with Gasteiger partial charge in [-0.15, -0.1) is 0 Å². The molecule has 2 fully saturated rings. The van der Waals surface area contributed by atoms with E-state index >= 15 is 0 Å². The SMILES string of the molecule is COc1ccc(S(=O)(=O)[C@H]2CS(=O)(=O)C[C@@H]2N2CCN(Cc3ccccc3)CC2)cc1C. The molecule has 2 aromatic carbocycles. The summed E-state index contributed by atoms with van der Waals surface area (Å²) < 4.78 is 57.3. The van der Waals surface area contributed by atoms with Gasteiger partial charge in [-0.2, -0.15) is 0 Å². The van der Waals surface area contributed by atoms with Crippen LogP contribution in [0.5, 0.6) is 5.75 Å². The second-order valence-corrected chi connectivity index (χ2v) is 13.0. The second kappa shape index (κ2) is 9.13. The van der Waals surface area contributed by atoms with Crippen molar-refractivity contribution in [2.75, 3.05) is 44.8 Å². The minimum atomic E-state index is -3.81. The van der Waals surface area contributed by atoms with Gasteiger partial charge < -0.3 is 4.74 Å². The van der Waals surface area contributed by atoms with Crippen LogP contribution in [0.25, 0.3) is 0 Å². The van der Waals surface area contributed by atoms with E-state index in [2.05, 4.69) is 21.9 Å². The van der Waals surface area contributed by atoms with E-state index in [-0.39, 0.29) is 16.4 Å². The van der Waals surface area contributed by atoms with Crippen molar-refractivity contribution in [3.8, 4) is 5.75 Å². The highest BCUT2D eigenvalue weighted by molar-refractivity contribution is 7.96. The summed E-state index contributed by atoms with van der Waals surface area (Å²) in [5.41, 5.74) is 1.94. The minimum absolute atomic E-state index is 0.106. The zero-order valence-electron chi connectivity index (χ0n) is 18.5. The van der Waals surface area contributed by atoms with Gasteiger partial charge in [-0.1, -0.05) is 30.3 Å². The van der Waals surface area contributed by atoms with Crippen molar-refractivity contribution in [2.45, 2.75) is 29.7 Å². The van der Waals surface area contributed by atoms with E-state index in [1.54, 1.807) is 19.1 Å². The molecule has 174 valence electrons. The zero-order chi connectivity index (χ0) is 22.9. The van der Waals surface area contributed by atoms with E-state index in [1.807, 2.05) is 18.2 Å². The maximum Gasteiger partial charge on any atom is 0.183 e. The Labute approximate surface area is 190 Å². The molecule has 0 amide bonds. The number of benzene rings is 2. The quantitative estimate of drug-likeness (QED) is 0.626. The molecular formula is C23H30N2O5S2. The number of hydrogen-bond acceptors (Lipinski definition) is 7. The lowest BCUT2D eigenvalue weighted by molar-refractivity contribution is 0.101. The maximum absolute atomic E-state index is 13.5. The summed E-state index contributed by atoms with van der Waals surface area (Å²) in [6.07, 6.45) is 0. The Morgan fingerprint density at radius 2 is 1.69 bits per heavy atom. The van der Waals surface area contributed by atoms with Gasteiger partial charge in [0, 0.05) is 38.8 Å². The van der Waals surface area contributed by atoms with Crippen molar-refractivity contribution in [3.63, 3.8) is 0 Å². The van der Waals surface area contributed by atoms with Gasteiger partial charge in [-0.05, 0) is 36.2 Å². The number of rotatable bonds is 6. The first-order chi connectivity index (χ1) is 15.2. The molecule has 2 heterocycles. The molecule has 2 aromatic rings. The fraction of sp³-hybridized carbons (Fsp3) is 0.478. The summed E-state index contributed by atoms with van der Waals surface area (Å²) >= 11 is 0. The van der Waals surface area contributed by atoms with Gasteiger partial charge in [0.2, 0.25) is 0 Å². The molecule has 32 heavy (non-hydrogen) atoms. The van der Waals surface area contributed by atoms with Crippen molar-refractivity contribution in [3.05, 3.63) is 59.7 Å². The van der Waals surface area contributed by atoms with Crippen molar-refractivity contribution in [1.29, 1.82) is 0 Å². The van der Waals surface area contributed by atoms with Crippen LogP contribution in [0.15, 0.2) is 53.4 Å². The van der Waals surface area contributed by atoms with Crippen LogP contribution in [0.2, 0.25) is 0 Å². The molecule has 4 rings (SSSR count). The summed E-state index contributed by atoms with van der Waals surface area (Å²) in [7, 11) is -5.70. The lowest BCUT2D eigenvalue weighted by Gasteiger charge is -2.39. The summed E-state index contributed by atoms with van der Waals surface area (Å²) in [6.45, 7) is 5.48. The molecule has 0 saturated carbocycles. The third-order valence-electron chi connectivity index (χ3n) is 6.49. The lowest BCUT2D eigenvalue weighted by Crippen LogP contribution is -2.54. The van der Waals surface area contributed by atoms with Crippen LogP contribution >= 0.6 is 0 Å². The number of ether oxygens (including phenoxy) is 1. The smallest absolute Gasteiger partial charge is 0.183 e. The first-order valence-corrected chi connectivity index (χ1v) is 14.2. The third kappa shape index (κ3) is 4.85. The Kier molecular flexibility index (Phi) is 6.63. The highest BCUT2D eigenvalue weighted by atomic mass is 32.2. The van der Waals surface area contributed by atoms with Gasteiger partial charge in [0.25, 0.3) is 0 Å². The van der Waals surface area contributed by atoms with Crippen LogP contribution < -0.4 is 4.74 Å². The average molecular weight is 479 g/mol. The Morgan fingerprint density at radius 3 is 2.31 bits per heavy atom. The molecule has 0 bridgehead atoms. The maximum atomic E-state index is 13.5. The number of aryl methyl sites for hydroxylation is 1. The fourth-order valence-corrected chi connectivity index (χ4v) is 9.64. The van der Waals surface area contributed by atoms with E-state index < -0.39 is 31.0 Å². The van der Waals surface area contributed by atoms with Crippen LogP contribution in [0, 0.1) is 6.92 Å². The van der Waals surface area contributed by atoms with Crippen LogP contribution in [0.1, 0.15) is 11.1 Å². The van der Waals surface area contributed by atoms with Gasteiger partial charge >= 0.3 is 0 Å². The van der Waals surface area contributed by atoms with Crippen LogP contribution in [-0.2, 0) is 26.2 Å². The number of sulfone groups is 2. The van der Waals surface area contributed by atoms with Crippen molar-refractivity contribution < 1.29 is 21.6 Å². The normalized spacial score (nSPS) is 24.4. The van der Waals surface area contributed by atoms with Gasteiger partial charge in [-0.3, -0.25) is 9.80 Å². The topological polar surface area (TPSA) is 84.0 Å². The molecule has 2 aliphatic rings. The Morgan fingerprint density at radius 1 is 1.00 bits per heavy atom. The van der Waals surface area contributed by atoms with E-state index in [0.717, 1.165) is 19.6 Å². The molecule has 0 unspecified atom stereocenters. The summed E-state index contributed by atoms with van der Waals surface area (Å²) in [6, 6.07) is 14.4. The molecule has 0 spiro atoms. The van der Waals surface area contributed by atoms with Crippen LogP contribution in [0.3, 0.4) is 0 Å². The largest absolute Gasteiger partial charge is 0.496 e. The summed E-state index contributed by atoms with van der Waals surface area (Å²) in [5, 5.41) is -0.957. The van der Waals surface area contributed by atoms with Crippen molar-refractivity contribution in [1.82, 2.24) is 9.80 Å². The first-order valence-electron chi connectivity index (χ1n) is 10.8. The molecule has 0 aliphatic carbocycles. The van der Waals surface area contributed by atoms with Crippen LogP contribution in [-0.4, -0.2) is 82.7 Å². The standard InChI is InChI=1S/C23H30N2O5S2/c1-18-14-20(8-9-22(18)30-2)32(28,29)23-17-31(26,27)16-21(23)25-12-10-24(11-13-25)15-19-6-4-3-5-7-19/h3-9,14,21,23H,10-13,15-17H2,1-2H3/t21-,23-/m0/s1. The highest BCUT2D eigenvalue weighted by Crippen LogP contribution is 2.31. The van der Waals surface area contributed by atoms with E-state index in [9.17, 15) is 16.8 Å². The zero-order valence-corrected chi connectivity index (χ0v) is 20.1. The Bertz CT molecular complexity index is 1160. The monoisotopic (exact) mass is 478 g/mol. The number of hydrogen-bond donors (Lipinski definition) is 0. The van der Waals surface area contributed by atoms with Crippen molar-refractivity contribution in [2.24, 2.45) is 0 Å². The summed E-state index contributed by atoms with van der Waals surface area (Å²) in [5.74, 6) is 0.175. The molecule has 0 radical (unpaired) electrons. The predicted octanol–water partition coefficient (Wildman–Crippen LogP) is 1.76. The molecule has 9 heteroatoms. The minimum Gasteiger partial charge on any atom is -0.496 e. The van der Waals surface area contributed by atoms with Gasteiger partial charge in [0.05, 0.1) is 28.8 Å². The van der Waals surface area contributed by atoms with Crippen LogP contribution in [0.4, 0.5) is 0 Å². The number of piperazine rings is 1. The van der Waals surface area contributed by atoms with Gasteiger partial charge in [-0.25, -0.2) is 16.8 Å². The average Bonchev–Trinajstić information content (AvgIpc) is 3.11. The lowest BCUT2D eigenvalue weighted by atomic mass is 10.1. The third-order valence-corrected chi connectivity index (χ3v) is 10.6. The Hall–Kier alpha value is -1.94. The first kappa shape index (κ1) is 23.2. The molecule has 2 atom stereocenters.